The fourth-order valence-electron chi connectivity index (χ4n) is 3.57. The Morgan fingerprint density at radius 3 is 2.29 bits per heavy atom. The maximum Gasteiger partial charge on any atom is 0.269 e. The number of benzene rings is 1. The van der Waals surface area contributed by atoms with Crippen molar-refractivity contribution in [1.82, 2.24) is 10.6 Å². The first kappa shape index (κ1) is 22.9. The second-order valence-electron chi connectivity index (χ2n) is 7.31. The van der Waals surface area contributed by atoms with Crippen LogP contribution in [0, 0.1) is 10.1 Å². The van der Waals surface area contributed by atoms with Crippen molar-refractivity contribution >= 4 is 45.5 Å². The van der Waals surface area contributed by atoms with E-state index in [1.165, 1.54) is 31.4 Å². The average molecular weight is 522 g/mol. The van der Waals surface area contributed by atoms with E-state index in [0.717, 1.165) is 18.4 Å². The molecule has 0 spiro atoms. The van der Waals surface area contributed by atoms with Gasteiger partial charge in [-0.2, -0.15) is 0 Å². The minimum atomic E-state index is -2.96. The topological polar surface area (TPSA) is 114 Å². The second kappa shape index (κ2) is 10.4. The van der Waals surface area contributed by atoms with Gasteiger partial charge in [0.15, 0.2) is 15.8 Å². The molecule has 0 radical (unpaired) electrons. The van der Waals surface area contributed by atoms with Gasteiger partial charge in [-0.15, -0.1) is 24.0 Å². The third-order valence-electron chi connectivity index (χ3n) is 5.09. The summed E-state index contributed by atoms with van der Waals surface area (Å²) in [7, 11) is -2.96. The molecule has 1 saturated heterocycles. The van der Waals surface area contributed by atoms with Crippen molar-refractivity contribution in [3.63, 3.8) is 0 Å². The van der Waals surface area contributed by atoms with Crippen LogP contribution in [0.2, 0.25) is 0 Å². The predicted octanol–water partition coefficient (Wildman–Crippen LogP) is 2.77. The van der Waals surface area contributed by atoms with Crippen LogP contribution in [0.15, 0.2) is 29.3 Å². The molecule has 1 heterocycles. The van der Waals surface area contributed by atoms with Crippen molar-refractivity contribution in [3.8, 4) is 0 Å². The van der Waals surface area contributed by atoms with Gasteiger partial charge in [-0.1, -0.05) is 31.4 Å². The van der Waals surface area contributed by atoms with Gasteiger partial charge in [0.25, 0.3) is 5.69 Å². The fraction of sp³-hybridized carbons (Fsp3) is 0.611. The van der Waals surface area contributed by atoms with Crippen molar-refractivity contribution in [2.24, 2.45) is 4.99 Å². The highest BCUT2D eigenvalue weighted by Gasteiger charge is 2.29. The summed E-state index contributed by atoms with van der Waals surface area (Å²) in [5.74, 6) is 0.974. The van der Waals surface area contributed by atoms with Crippen LogP contribution in [0.4, 0.5) is 5.69 Å². The zero-order valence-electron chi connectivity index (χ0n) is 15.7. The molecule has 1 atom stereocenters. The quantitative estimate of drug-likeness (QED) is 0.202. The Bertz CT molecular complexity index is 792. The molecule has 2 N–H and O–H groups in total. The van der Waals surface area contributed by atoms with Crippen LogP contribution >= 0.6 is 24.0 Å². The van der Waals surface area contributed by atoms with E-state index in [0.29, 0.717) is 25.0 Å². The smallest absolute Gasteiger partial charge is 0.269 e. The molecule has 2 fully saturated rings. The number of hydrogen-bond acceptors (Lipinski definition) is 5. The highest BCUT2D eigenvalue weighted by molar-refractivity contribution is 14.0. The van der Waals surface area contributed by atoms with Gasteiger partial charge in [-0.05, 0) is 24.8 Å². The summed E-state index contributed by atoms with van der Waals surface area (Å²) in [6.45, 7) is 0.375. The first-order chi connectivity index (χ1) is 12.9. The number of halogens is 1. The molecule has 1 unspecified atom stereocenters. The van der Waals surface area contributed by atoms with Crippen molar-refractivity contribution in [2.75, 3.05) is 11.5 Å². The van der Waals surface area contributed by atoms with Crippen LogP contribution in [-0.2, 0) is 16.4 Å². The zero-order chi connectivity index (χ0) is 19.3. The summed E-state index contributed by atoms with van der Waals surface area (Å²) < 4.78 is 23.4. The molecule has 156 valence electrons. The van der Waals surface area contributed by atoms with E-state index in [9.17, 15) is 18.5 Å². The maximum atomic E-state index is 11.7. The number of aliphatic imine (C=N–C) groups is 1. The first-order valence-corrected chi connectivity index (χ1v) is 11.2. The van der Waals surface area contributed by atoms with Crippen LogP contribution in [0.25, 0.3) is 0 Å². The van der Waals surface area contributed by atoms with E-state index in [2.05, 4.69) is 15.6 Å². The molecule has 0 aromatic heterocycles. The third kappa shape index (κ3) is 6.87. The molecule has 0 amide bonds. The number of non-ortho nitro benzene ring substituents is 1. The minimum absolute atomic E-state index is 0. The van der Waals surface area contributed by atoms with Crippen LogP contribution in [0.1, 0.15) is 44.1 Å². The zero-order valence-corrected chi connectivity index (χ0v) is 18.8. The van der Waals surface area contributed by atoms with Crippen molar-refractivity contribution in [2.45, 2.75) is 57.2 Å². The number of rotatable bonds is 5. The van der Waals surface area contributed by atoms with Gasteiger partial charge in [0.2, 0.25) is 0 Å². The lowest BCUT2D eigenvalue weighted by Crippen LogP contribution is -2.48. The standard InChI is InChI=1S/C18H26N4O4S.HI/c23-22(24)17-8-6-14(7-9-17)12-19-18(20-15-4-2-1-3-5-15)21-16-10-11-27(25,26)13-16;/h6-9,15-16H,1-5,10-13H2,(H2,19,20,21);1H. The molecule has 28 heavy (non-hydrogen) atoms. The molecule has 1 aromatic rings. The minimum Gasteiger partial charge on any atom is -0.354 e. The summed E-state index contributed by atoms with van der Waals surface area (Å²) >= 11 is 0. The van der Waals surface area contributed by atoms with Crippen LogP contribution in [0.3, 0.4) is 0 Å². The number of hydrogen-bond donors (Lipinski definition) is 2. The van der Waals surface area contributed by atoms with Gasteiger partial charge >= 0.3 is 0 Å². The number of nitro groups is 1. The van der Waals surface area contributed by atoms with Gasteiger partial charge < -0.3 is 10.6 Å². The van der Waals surface area contributed by atoms with E-state index in [-0.39, 0.29) is 47.2 Å². The summed E-state index contributed by atoms with van der Waals surface area (Å²) in [4.78, 5) is 14.9. The summed E-state index contributed by atoms with van der Waals surface area (Å²) in [5, 5.41) is 17.5. The van der Waals surface area contributed by atoms with Crippen LogP contribution < -0.4 is 10.6 Å². The molecular weight excluding hydrogens is 495 g/mol. The third-order valence-corrected chi connectivity index (χ3v) is 6.85. The molecule has 2 aliphatic rings. The van der Waals surface area contributed by atoms with Gasteiger partial charge in [0, 0.05) is 24.2 Å². The van der Waals surface area contributed by atoms with Gasteiger partial charge in [0.05, 0.1) is 23.0 Å². The van der Waals surface area contributed by atoms with Crippen LogP contribution in [-0.4, -0.2) is 42.9 Å². The Balaban J connectivity index is 0.00000280. The number of nitrogens with one attached hydrogen (secondary N) is 2. The highest BCUT2D eigenvalue weighted by atomic mass is 127. The molecule has 1 aromatic carbocycles. The SMILES string of the molecule is I.O=[N+]([O-])c1ccc(CN=C(NC2CCCCC2)NC2CCS(=O)(=O)C2)cc1. The largest absolute Gasteiger partial charge is 0.354 e. The van der Waals surface area contributed by atoms with Crippen molar-refractivity contribution < 1.29 is 13.3 Å². The molecule has 0 bridgehead atoms. The Labute approximate surface area is 182 Å². The Hall–Kier alpha value is -1.43. The molecule has 3 rings (SSSR count). The van der Waals surface area contributed by atoms with Gasteiger partial charge in [-0.25, -0.2) is 13.4 Å². The first-order valence-electron chi connectivity index (χ1n) is 9.42. The molecule has 10 heteroatoms. The van der Waals surface area contributed by atoms with Gasteiger partial charge in [0.1, 0.15) is 0 Å². The van der Waals surface area contributed by atoms with E-state index in [4.69, 9.17) is 0 Å². The number of guanidine groups is 1. The number of nitro benzene ring substituents is 1. The lowest BCUT2D eigenvalue weighted by molar-refractivity contribution is -0.384. The van der Waals surface area contributed by atoms with Crippen molar-refractivity contribution in [1.29, 1.82) is 0 Å². The molecular formula is C18H27IN4O4S. The number of sulfone groups is 1. The highest BCUT2D eigenvalue weighted by Crippen LogP contribution is 2.18. The second-order valence-corrected chi connectivity index (χ2v) is 9.54. The summed E-state index contributed by atoms with van der Waals surface area (Å²) in [6.07, 6.45) is 6.38. The van der Waals surface area contributed by atoms with E-state index in [1.807, 2.05) is 0 Å². The maximum absolute atomic E-state index is 11.7. The lowest BCUT2D eigenvalue weighted by Gasteiger charge is -2.26. The normalized spacial score (nSPS) is 22.3. The average Bonchev–Trinajstić information content (AvgIpc) is 2.99. The fourth-order valence-corrected chi connectivity index (χ4v) is 5.24. The molecule has 1 aliphatic carbocycles. The monoisotopic (exact) mass is 522 g/mol. The summed E-state index contributed by atoms with van der Waals surface area (Å²) in [6, 6.07) is 6.55. The predicted molar refractivity (Wildman–Crippen MR) is 120 cm³/mol. The summed E-state index contributed by atoms with van der Waals surface area (Å²) in [5.41, 5.74) is 0.918. The van der Waals surface area contributed by atoms with E-state index in [1.54, 1.807) is 12.1 Å². The number of nitrogens with zero attached hydrogens (tertiary/aromatic N) is 2. The molecule has 1 saturated carbocycles. The molecule has 8 nitrogen and oxygen atoms in total. The van der Waals surface area contributed by atoms with Crippen molar-refractivity contribution in [3.05, 3.63) is 39.9 Å². The Morgan fingerprint density at radius 2 is 1.71 bits per heavy atom. The van der Waals surface area contributed by atoms with E-state index >= 15 is 0 Å². The Morgan fingerprint density at radius 1 is 1.07 bits per heavy atom. The lowest BCUT2D eigenvalue weighted by atomic mass is 9.96. The molecule has 1 aliphatic heterocycles. The van der Waals surface area contributed by atoms with Gasteiger partial charge in [-0.3, -0.25) is 10.1 Å². The van der Waals surface area contributed by atoms with E-state index < -0.39 is 14.8 Å². The Kier molecular flexibility index (Phi) is 8.47. The van der Waals surface area contributed by atoms with Crippen LogP contribution in [0.5, 0.6) is 0 Å².